The number of hydrogen-bond donors (Lipinski definition) is 5. The van der Waals surface area contributed by atoms with Crippen LogP contribution in [0.25, 0.3) is 0 Å². The average molecular weight is 292 g/mol. The fourth-order valence-electron chi connectivity index (χ4n) is 0.825. The summed E-state index contributed by atoms with van der Waals surface area (Å²) in [6.45, 7) is 2.00. The first-order chi connectivity index (χ1) is 9.62. The van der Waals surface area contributed by atoms with E-state index < -0.39 is 0 Å². The minimum absolute atomic E-state index is 0.125. The first-order valence-electron chi connectivity index (χ1n) is 6.10. The van der Waals surface area contributed by atoms with Crippen molar-refractivity contribution in [2.45, 2.75) is 19.6 Å². The van der Waals surface area contributed by atoms with E-state index in [-0.39, 0.29) is 25.9 Å². The van der Waals surface area contributed by atoms with Crippen molar-refractivity contribution in [2.24, 2.45) is 0 Å². The highest BCUT2D eigenvalue weighted by molar-refractivity contribution is 5.12. The Kier molecular flexibility index (Phi) is 27.8. The third kappa shape index (κ3) is 25.7. The van der Waals surface area contributed by atoms with E-state index in [4.69, 9.17) is 25.5 Å². The van der Waals surface area contributed by atoms with Gasteiger partial charge in [0.05, 0.1) is 32.5 Å². The molecule has 120 valence electrons. The summed E-state index contributed by atoms with van der Waals surface area (Å²) >= 11 is 0. The Morgan fingerprint density at radius 2 is 1.45 bits per heavy atom. The summed E-state index contributed by atoms with van der Waals surface area (Å²) in [5, 5.41) is 39.2. The van der Waals surface area contributed by atoms with Gasteiger partial charge in [-0.05, 0) is 12.5 Å². The second-order valence-corrected chi connectivity index (χ2v) is 3.40. The van der Waals surface area contributed by atoms with Crippen molar-refractivity contribution in [3.05, 3.63) is 35.9 Å². The van der Waals surface area contributed by atoms with E-state index in [1.54, 1.807) is 14.0 Å². The molecule has 0 spiro atoms. The number of hydrogen-bond acceptors (Lipinski definition) is 6. The van der Waals surface area contributed by atoms with Gasteiger partial charge in [-0.2, -0.15) is 0 Å². The second-order valence-electron chi connectivity index (χ2n) is 3.40. The molecule has 0 radical (unpaired) electrons. The molecule has 6 nitrogen and oxygen atoms in total. The molecule has 6 heteroatoms. The van der Waals surface area contributed by atoms with E-state index in [1.165, 1.54) is 0 Å². The number of methoxy groups -OCH3 is 1. The van der Waals surface area contributed by atoms with Crippen molar-refractivity contribution in [3.63, 3.8) is 0 Å². The van der Waals surface area contributed by atoms with Crippen LogP contribution in [0.15, 0.2) is 30.3 Å². The van der Waals surface area contributed by atoms with Gasteiger partial charge in [0, 0.05) is 14.2 Å². The summed E-state index contributed by atoms with van der Waals surface area (Å²) in [6.07, 6.45) is -0.324. The molecule has 0 heterocycles. The van der Waals surface area contributed by atoms with Gasteiger partial charge in [-0.15, -0.1) is 0 Å². The third-order valence-corrected chi connectivity index (χ3v) is 1.53. The van der Waals surface area contributed by atoms with Crippen LogP contribution in [-0.2, 0) is 11.3 Å². The minimum Gasteiger partial charge on any atom is -0.400 e. The van der Waals surface area contributed by atoms with Crippen LogP contribution in [0.1, 0.15) is 12.5 Å². The summed E-state index contributed by atoms with van der Waals surface area (Å²) in [6, 6.07) is 9.52. The molecular formula is C14H28O6. The Bertz CT molecular complexity index is 239. The highest BCUT2D eigenvalue weighted by atomic mass is 16.5. The number of rotatable bonds is 4. The van der Waals surface area contributed by atoms with Crippen LogP contribution in [0.4, 0.5) is 0 Å². The number of ether oxygens (including phenoxy) is 1. The molecule has 1 aromatic carbocycles. The maximum absolute atomic E-state index is 8.54. The van der Waals surface area contributed by atoms with Crippen molar-refractivity contribution >= 4 is 0 Å². The molecule has 0 aliphatic carbocycles. The van der Waals surface area contributed by atoms with Gasteiger partial charge in [0.2, 0.25) is 0 Å². The lowest BCUT2D eigenvalue weighted by atomic mass is 10.2. The van der Waals surface area contributed by atoms with Crippen LogP contribution in [0.2, 0.25) is 0 Å². The Balaban J connectivity index is -0.000000215. The fraction of sp³-hybridized carbons (Fsp3) is 0.571. The first kappa shape index (κ1) is 24.0. The number of benzene rings is 1. The molecule has 0 saturated heterocycles. The lowest BCUT2D eigenvalue weighted by Crippen LogP contribution is -2.07. The average Bonchev–Trinajstić information content (AvgIpc) is 2.51. The predicted molar refractivity (Wildman–Crippen MR) is 78.2 cm³/mol. The third-order valence-electron chi connectivity index (χ3n) is 1.53. The van der Waals surface area contributed by atoms with E-state index in [0.717, 1.165) is 12.7 Å². The molecule has 1 aromatic rings. The first-order valence-corrected chi connectivity index (χ1v) is 6.10. The maximum atomic E-state index is 8.54. The molecule has 1 rings (SSSR count). The molecule has 0 aromatic heterocycles. The lowest BCUT2D eigenvalue weighted by molar-refractivity contribution is 0.0765. The zero-order valence-electron chi connectivity index (χ0n) is 12.4. The maximum Gasteiger partial charge on any atom is 0.0745 e. The van der Waals surface area contributed by atoms with Gasteiger partial charge < -0.3 is 30.3 Å². The molecule has 0 amide bonds. The molecule has 1 unspecified atom stereocenters. The largest absolute Gasteiger partial charge is 0.400 e. The summed E-state index contributed by atoms with van der Waals surface area (Å²) in [5.74, 6) is 0. The van der Waals surface area contributed by atoms with E-state index in [9.17, 15) is 0 Å². The monoisotopic (exact) mass is 292 g/mol. The molecule has 0 saturated carbocycles. The zero-order chi connectivity index (χ0) is 16.2. The molecule has 1 atom stereocenters. The Hall–Kier alpha value is -1.02. The Labute approximate surface area is 120 Å². The SMILES string of the molecule is CO.COCC(C)O.OCCO.OCc1ccccc1. The summed E-state index contributed by atoms with van der Waals surface area (Å²) < 4.78 is 4.55. The highest BCUT2D eigenvalue weighted by Gasteiger charge is 1.87. The van der Waals surface area contributed by atoms with Crippen LogP contribution in [0, 0.1) is 0 Å². The van der Waals surface area contributed by atoms with Crippen LogP contribution in [0.3, 0.4) is 0 Å². The summed E-state index contributed by atoms with van der Waals surface area (Å²) in [5.41, 5.74) is 0.965. The van der Waals surface area contributed by atoms with Gasteiger partial charge in [0.1, 0.15) is 0 Å². The smallest absolute Gasteiger partial charge is 0.0745 e. The van der Waals surface area contributed by atoms with Crippen molar-refractivity contribution in [3.8, 4) is 0 Å². The normalized spacial score (nSPS) is 9.80. The van der Waals surface area contributed by atoms with Crippen molar-refractivity contribution in [1.29, 1.82) is 0 Å². The minimum atomic E-state index is -0.324. The van der Waals surface area contributed by atoms with Crippen LogP contribution in [0.5, 0.6) is 0 Å². The van der Waals surface area contributed by atoms with Crippen molar-refractivity contribution < 1.29 is 30.3 Å². The van der Waals surface area contributed by atoms with Gasteiger partial charge in [-0.3, -0.25) is 0 Å². The van der Waals surface area contributed by atoms with Crippen LogP contribution in [-0.4, -0.2) is 65.7 Å². The van der Waals surface area contributed by atoms with E-state index in [2.05, 4.69) is 4.74 Å². The van der Waals surface area contributed by atoms with Gasteiger partial charge in [0.25, 0.3) is 0 Å². The fourth-order valence-corrected chi connectivity index (χ4v) is 0.825. The number of aliphatic hydroxyl groups is 5. The predicted octanol–water partition coefficient (Wildman–Crippen LogP) is -0.228. The standard InChI is InChI=1S/C7H8O.C4H10O2.C2H6O2.CH4O/c8-6-7-4-2-1-3-5-7;1-4(5)3-6-2;3-1-2-4;1-2/h1-5,8H,6H2;4-5H,3H2,1-2H3;3-4H,1-2H2;2H,1H3. The molecule has 0 aliphatic rings. The Morgan fingerprint density at radius 3 is 1.60 bits per heavy atom. The molecule has 0 fully saturated rings. The topological polar surface area (TPSA) is 110 Å². The second kappa shape index (κ2) is 23.1. The number of aliphatic hydroxyl groups excluding tert-OH is 5. The summed E-state index contributed by atoms with van der Waals surface area (Å²) in [4.78, 5) is 0. The lowest BCUT2D eigenvalue weighted by Gasteiger charge is -1.97. The van der Waals surface area contributed by atoms with Crippen molar-refractivity contribution in [1.82, 2.24) is 0 Å². The van der Waals surface area contributed by atoms with Crippen LogP contribution < -0.4 is 0 Å². The van der Waals surface area contributed by atoms with E-state index in [0.29, 0.717) is 6.61 Å². The molecule has 0 aliphatic heterocycles. The Morgan fingerprint density at radius 1 is 1.00 bits per heavy atom. The molecule has 20 heavy (non-hydrogen) atoms. The van der Waals surface area contributed by atoms with Gasteiger partial charge >= 0.3 is 0 Å². The molecule has 5 N–H and O–H groups in total. The molecular weight excluding hydrogens is 264 g/mol. The summed E-state index contributed by atoms with van der Waals surface area (Å²) in [7, 11) is 2.56. The van der Waals surface area contributed by atoms with E-state index in [1.807, 2.05) is 30.3 Å². The molecule has 0 bridgehead atoms. The van der Waals surface area contributed by atoms with Crippen molar-refractivity contribution in [2.75, 3.05) is 34.0 Å². The van der Waals surface area contributed by atoms with Crippen LogP contribution >= 0.6 is 0 Å². The van der Waals surface area contributed by atoms with Gasteiger partial charge in [-0.25, -0.2) is 0 Å². The zero-order valence-corrected chi connectivity index (χ0v) is 12.4. The quantitative estimate of drug-likeness (QED) is 0.524. The van der Waals surface area contributed by atoms with Gasteiger partial charge in [0.15, 0.2) is 0 Å². The highest BCUT2D eigenvalue weighted by Crippen LogP contribution is 1.95. The van der Waals surface area contributed by atoms with Gasteiger partial charge in [-0.1, -0.05) is 30.3 Å². The van der Waals surface area contributed by atoms with E-state index >= 15 is 0 Å².